The van der Waals surface area contributed by atoms with E-state index in [4.69, 9.17) is 5.73 Å². The summed E-state index contributed by atoms with van der Waals surface area (Å²) in [5, 5.41) is -0.610. The molecule has 6 heteroatoms. The molecule has 3 N–H and O–H groups in total. The van der Waals surface area contributed by atoms with Crippen LogP contribution in [-0.4, -0.2) is 26.1 Å². The van der Waals surface area contributed by atoms with E-state index in [1.54, 1.807) is 6.92 Å². The Morgan fingerprint density at radius 3 is 2.21 bits per heavy atom. The van der Waals surface area contributed by atoms with Gasteiger partial charge in [-0.1, -0.05) is 6.92 Å². The van der Waals surface area contributed by atoms with Gasteiger partial charge in [-0.25, -0.2) is 8.42 Å². The van der Waals surface area contributed by atoms with Crippen LogP contribution < -0.4 is 10.5 Å². The van der Waals surface area contributed by atoms with Gasteiger partial charge in [0.15, 0.2) is 0 Å². The van der Waals surface area contributed by atoms with Crippen molar-refractivity contribution < 1.29 is 13.2 Å². The molecule has 0 saturated carbocycles. The van der Waals surface area contributed by atoms with Gasteiger partial charge in [0, 0.05) is 6.54 Å². The van der Waals surface area contributed by atoms with E-state index in [1.165, 1.54) is 13.8 Å². The average molecular weight is 222 g/mol. The maximum absolute atomic E-state index is 11.4. The third kappa shape index (κ3) is 3.63. The second-order valence-electron chi connectivity index (χ2n) is 3.40. The molecule has 84 valence electrons. The largest absolute Gasteiger partial charge is 0.330 e. The van der Waals surface area contributed by atoms with Crippen LogP contribution in [-0.2, 0) is 14.8 Å². The summed E-state index contributed by atoms with van der Waals surface area (Å²) in [4.78, 5) is 11.4. The first kappa shape index (κ1) is 13.4. The van der Waals surface area contributed by atoms with Crippen LogP contribution in [0.15, 0.2) is 0 Å². The normalized spacial score (nSPS) is 14.1. The molecule has 0 rings (SSSR count). The molecule has 0 aromatic carbocycles. The summed E-state index contributed by atoms with van der Waals surface area (Å²) in [7, 11) is -3.52. The lowest BCUT2D eigenvalue weighted by Crippen LogP contribution is -2.41. The van der Waals surface area contributed by atoms with Gasteiger partial charge < -0.3 is 5.73 Å². The van der Waals surface area contributed by atoms with Crippen molar-refractivity contribution in [3.63, 3.8) is 0 Å². The molecule has 0 heterocycles. The molecule has 0 saturated heterocycles. The number of amides is 1. The van der Waals surface area contributed by atoms with Gasteiger partial charge in [0.1, 0.15) is 0 Å². The molecule has 1 unspecified atom stereocenters. The molecule has 0 aromatic rings. The maximum atomic E-state index is 11.4. The molecular weight excluding hydrogens is 204 g/mol. The van der Waals surface area contributed by atoms with Crippen molar-refractivity contribution in [2.45, 2.75) is 32.4 Å². The van der Waals surface area contributed by atoms with Gasteiger partial charge >= 0.3 is 0 Å². The first-order chi connectivity index (χ1) is 6.35. The van der Waals surface area contributed by atoms with Crippen LogP contribution in [0.4, 0.5) is 0 Å². The monoisotopic (exact) mass is 222 g/mol. The zero-order valence-corrected chi connectivity index (χ0v) is 9.60. The lowest BCUT2D eigenvalue weighted by Gasteiger charge is -2.14. The fraction of sp³-hybridized carbons (Fsp3) is 0.875. The number of carbonyl (C=O) groups is 1. The Hall–Kier alpha value is -0.620. The minimum absolute atomic E-state index is 0.163. The molecule has 14 heavy (non-hydrogen) atoms. The minimum atomic E-state index is -3.52. The van der Waals surface area contributed by atoms with Crippen molar-refractivity contribution in [3.05, 3.63) is 0 Å². The molecule has 0 bridgehead atoms. The average Bonchev–Trinajstić information content (AvgIpc) is 2.05. The highest BCUT2D eigenvalue weighted by atomic mass is 32.2. The van der Waals surface area contributed by atoms with Crippen LogP contribution in [0.3, 0.4) is 0 Å². The third-order valence-electron chi connectivity index (χ3n) is 2.01. The van der Waals surface area contributed by atoms with Gasteiger partial charge in [-0.15, -0.1) is 0 Å². The van der Waals surface area contributed by atoms with E-state index in [9.17, 15) is 13.2 Å². The van der Waals surface area contributed by atoms with E-state index in [2.05, 4.69) is 0 Å². The Bertz CT molecular complexity index is 281. The highest BCUT2D eigenvalue weighted by Crippen LogP contribution is 2.03. The van der Waals surface area contributed by atoms with Gasteiger partial charge in [0.2, 0.25) is 15.9 Å². The van der Waals surface area contributed by atoms with Gasteiger partial charge in [-0.2, -0.15) is 0 Å². The van der Waals surface area contributed by atoms with Gasteiger partial charge in [-0.3, -0.25) is 9.52 Å². The highest BCUT2D eigenvalue weighted by molar-refractivity contribution is 7.90. The van der Waals surface area contributed by atoms with Crippen molar-refractivity contribution in [3.8, 4) is 0 Å². The molecule has 0 aliphatic rings. The SMILES string of the molecule is CCC(CN)C(=O)NS(=O)(=O)C(C)C. The Balaban J connectivity index is 4.47. The fourth-order valence-corrected chi connectivity index (χ4v) is 1.48. The lowest BCUT2D eigenvalue weighted by molar-refractivity contribution is -0.122. The zero-order chi connectivity index (χ0) is 11.4. The summed E-state index contributed by atoms with van der Waals surface area (Å²) in [6.07, 6.45) is 0.538. The van der Waals surface area contributed by atoms with Gasteiger partial charge in [0.25, 0.3) is 0 Å². The molecule has 5 nitrogen and oxygen atoms in total. The first-order valence-electron chi connectivity index (χ1n) is 4.60. The second-order valence-corrected chi connectivity index (χ2v) is 5.64. The number of nitrogens with two attached hydrogens (primary N) is 1. The number of nitrogens with one attached hydrogen (secondary N) is 1. The van der Waals surface area contributed by atoms with Gasteiger partial charge in [0.05, 0.1) is 11.2 Å². The molecule has 0 aromatic heterocycles. The number of hydrogen-bond donors (Lipinski definition) is 2. The molecule has 0 spiro atoms. The maximum Gasteiger partial charge on any atom is 0.237 e. The summed E-state index contributed by atoms with van der Waals surface area (Å²) in [6.45, 7) is 4.98. The van der Waals surface area contributed by atoms with E-state index in [-0.39, 0.29) is 6.54 Å². The van der Waals surface area contributed by atoms with Crippen molar-refractivity contribution in [1.82, 2.24) is 4.72 Å². The van der Waals surface area contributed by atoms with Crippen LogP contribution in [0, 0.1) is 5.92 Å². The quantitative estimate of drug-likeness (QED) is 0.675. The van der Waals surface area contributed by atoms with Crippen molar-refractivity contribution >= 4 is 15.9 Å². The molecule has 1 amide bonds. The standard InChI is InChI=1S/C8H18N2O3S/c1-4-7(5-9)8(11)10-14(12,13)6(2)3/h6-7H,4-5,9H2,1-3H3,(H,10,11). The summed E-state index contributed by atoms with van der Waals surface area (Å²) in [5.74, 6) is -0.938. The van der Waals surface area contributed by atoms with Crippen LogP contribution in [0.5, 0.6) is 0 Å². The predicted molar refractivity (Wildman–Crippen MR) is 55.0 cm³/mol. The first-order valence-corrected chi connectivity index (χ1v) is 6.15. The summed E-state index contributed by atoms with van der Waals surface area (Å²) in [5.41, 5.74) is 5.32. The molecular formula is C8H18N2O3S. The van der Waals surface area contributed by atoms with Crippen LogP contribution in [0.1, 0.15) is 27.2 Å². The van der Waals surface area contributed by atoms with Crippen LogP contribution in [0.2, 0.25) is 0 Å². The van der Waals surface area contributed by atoms with E-state index in [0.29, 0.717) is 6.42 Å². The van der Waals surface area contributed by atoms with Crippen LogP contribution in [0.25, 0.3) is 0 Å². The van der Waals surface area contributed by atoms with E-state index in [1.807, 2.05) is 4.72 Å². The van der Waals surface area contributed by atoms with Crippen LogP contribution >= 0.6 is 0 Å². The van der Waals surface area contributed by atoms with Crippen molar-refractivity contribution in [2.24, 2.45) is 11.7 Å². The van der Waals surface area contributed by atoms with Crippen molar-refractivity contribution in [2.75, 3.05) is 6.54 Å². The predicted octanol–water partition coefficient (Wildman–Crippen LogP) is -0.174. The topological polar surface area (TPSA) is 89.3 Å². The molecule has 0 radical (unpaired) electrons. The van der Waals surface area contributed by atoms with Crippen molar-refractivity contribution in [1.29, 1.82) is 0 Å². The Morgan fingerprint density at radius 2 is 1.93 bits per heavy atom. The Kier molecular flexibility index (Phi) is 5.07. The van der Waals surface area contributed by atoms with E-state index < -0.39 is 27.1 Å². The number of hydrogen-bond acceptors (Lipinski definition) is 4. The highest BCUT2D eigenvalue weighted by Gasteiger charge is 2.23. The minimum Gasteiger partial charge on any atom is -0.330 e. The van der Waals surface area contributed by atoms with Gasteiger partial charge in [-0.05, 0) is 20.3 Å². The number of carbonyl (C=O) groups excluding carboxylic acids is 1. The molecule has 0 fully saturated rings. The summed E-state index contributed by atoms with van der Waals surface area (Å²) in [6, 6.07) is 0. The Morgan fingerprint density at radius 1 is 1.43 bits per heavy atom. The number of rotatable bonds is 5. The Labute approximate surface area is 85.1 Å². The van der Waals surface area contributed by atoms with E-state index >= 15 is 0 Å². The number of sulfonamides is 1. The molecule has 0 aliphatic carbocycles. The summed E-state index contributed by atoms with van der Waals surface area (Å²) >= 11 is 0. The third-order valence-corrected chi connectivity index (χ3v) is 3.74. The smallest absolute Gasteiger partial charge is 0.237 e. The molecule has 0 aliphatic heterocycles. The fourth-order valence-electron chi connectivity index (χ4n) is 0.800. The van der Waals surface area contributed by atoms with E-state index in [0.717, 1.165) is 0 Å². The zero-order valence-electron chi connectivity index (χ0n) is 8.78. The molecule has 1 atom stereocenters. The summed E-state index contributed by atoms with van der Waals surface area (Å²) < 4.78 is 24.6. The lowest BCUT2D eigenvalue weighted by atomic mass is 10.1. The second kappa shape index (κ2) is 5.31.